The van der Waals surface area contributed by atoms with Crippen LogP contribution in [-0.4, -0.2) is 53.6 Å². The Hall–Kier alpha value is -1.82. The molecule has 1 N–H and O–H groups in total. The number of nitrogens with one attached hydrogen (secondary N) is 1. The highest BCUT2D eigenvalue weighted by Crippen LogP contribution is 2.10. The summed E-state index contributed by atoms with van der Waals surface area (Å²) in [7, 11) is 1.88. The van der Waals surface area contributed by atoms with Crippen LogP contribution in [0.3, 0.4) is 0 Å². The second-order valence-corrected chi connectivity index (χ2v) is 4.75. The number of nitrogens with zero attached hydrogens (tertiary/aromatic N) is 2. The lowest BCUT2D eigenvalue weighted by atomic mass is 10.2. The van der Waals surface area contributed by atoms with E-state index in [2.05, 4.69) is 5.32 Å². The van der Waals surface area contributed by atoms with Crippen LogP contribution in [0.2, 0.25) is 0 Å². The second kappa shape index (κ2) is 5.88. The molecule has 0 aromatic carbocycles. The molecule has 1 unspecified atom stereocenters. The number of aryl methyl sites for hydroxylation is 1. The van der Waals surface area contributed by atoms with Gasteiger partial charge in [0, 0.05) is 46.0 Å². The van der Waals surface area contributed by atoms with Crippen molar-refractivity contribution in [3.63, 3.8) is 0 Å². The van der Waals surface area contributed by atoms with Crippen molar-refractivity contribution < 1.29 is 14.3 Å². The van der Waals surface area contributed by atoms with E-state index in [1.807, 2.05) is 17.8 Å². The van der Waals surface area contributed by atoms with Crippen molar-refractivity contribution in [3.8, 4) is 0 Å². The van der Waals surface area contributed by atoms with Gasteiger partial charge in [-0.1, -0.05) is 0 Å². The van der Waals surface area contributed by atoms with E-state index in [1.54, 1.807) is 17.2 Å². The van der Waals surface area contributed by atoms with Crippen molar-refractivity contribution in [2.75, 3.05) is 26.2 Å². The summed E-state index contributed by atoms with van der Waals surface area (Å²) in [4.78, 5) is 24.9. The molecule has 2 rings (SSSR count). The van der Waals surface area contributed by atoms with Crippen molar-refractivity contribution in [3.05, 3.63) is 24.0 Å². The largest absolute Gasteiger partial charge is 0.373 e. The van der Waals surface area contributed by atoms with E-state index in [1.165, 1.54) is 6.92 Å². The van der Waals surface area contributed by atoms with E-state index in [4.69, 9.17) is 4.74 Å². The first-order chi connectivity index (χ1) is 9.06. The number of morpholine rings is 1. The SMILES string of the molecule is CC(=O)NCC1CN(C(=O)c2ccn(C)c2)CCO1. The molecule has 104 valence electrons. The smallest absolute Gasteiger partial charge is 0.255 e. The maximum Gasteiger partial charge on any atom is 0.255 e. The molecule has 1 saturated heterocycles. The molecule has 1 atom stereocenters. The summed E-state index contributed by atoms with van der Waals surface area (Å²) in [5.74, 6) is -0.0770. The Morgan fingerprint density at radius 2 is 2.32 bits per heavy atom. The van der Waals surface area contributed by atoms with Gasteiger partial charge in [0.25, 0.3) is 5.91 Å². The van der Waals surface area contributed by atoms with Gasteiger partial charge in [-0.3, -0.25) is 9.59 Å². The molecule has 6 nitrogen and oxygen atoms in total. The molecule has 1 fully saturated rings. The van der Waals surface area contributed by atoms with Crippen LogP contribution < -0.4 is 5.32 Å². The van der Waals surface area contributed by atoms with Gasteiger partial charge >= 0.3 is 0 Å². The first-order valence-corrected chi connectivity index (χ1v) is 6.33. The Morgan fingerprint density at radius 3 is 2.95 bits per heavy atom. The van der Waals surface area contributed by atoms with Gasteiger partial charge in [0.05, 0.1) is 18.3 Å². The Balaban J connectivity index is 1.93. The van der Waals surface area contributed by atoms with Crippen LogP contribution in [0.25, 0.3) is 0 Å². The summed E-state index contributed by atoms with van der Waals surface area (Å²) in [6.07, 6.45) is 3.52. The third-order valence-electron chi connectivity index (χ3n) is 3.08. The molecule has 0 aliphatic carbocycles. The maximum atomic E-state index is 12.3. The Labute approximate surface area is 112 Å². The molecule has 2 amide bonds. The number of hydrogen-bond acceptors (Lipinski definition) is 3. The summed E-state index contributed by atoms with van der Waals surface area (Å²) in [6, 6.07) is 1.81. The average molecular weight is 265 g/mol. The van der Waals surface area contributed by atoms with E-state index in [0.717, 1.165) is 0 Å². The minimum atomic E-state index is -0.134. The summed E-state index contributed by atoms with van der Waals surface area (Å²) < 4.78 is 7.39. The molecular weight excluding hydrogens is 246 g/mol. The Bertz CT molecular complexity index is 469. The lowest BCUT2D eigenvalue weighted by molar-refractivity contribution is -0.120. The Morgan fingerprint density at radius 1 is 1.53 bits per heavy atom. The summed E-state index contributed by atoms with van der Waals surface area (Å²) in [5.41, 5.74) is 0.683. The highest BCUT2D eigenvalue weighted by atomic mass is 16.5. The van der Waals surface area contributed by atoms with Crippen molar-refractivity contribution in [2.45, 2.75) is 13.0 Å². The molecule has 1 aromatic heterocycles. The molecule has 1 aliphatic rings. The van der Waals surface area contributed by atoms with Gasteiger partial charge in [0.1, 0.15) is 0 Å². The first-order valence-electron chi connectivity index (χ1n) is 6.33. The van der Waals surface area contributed by atoms with Crippen LogP contribution in [0, 0.1) is 0 Å². The van der Waals surface area contributed by atoms with Crippen LogP contribution in [0.4, 0.5) is 0 Å². The van der Waals surface area contributed by atoms with E-state index >= 15 is 0 Å². The summed E-state index contributed by atoms with van der Waals surface area (Å²) in [5, 5.41) is 2.71. The van der Waals surface area contributed by atoms with E-state index < -0.39 is 0 Å². The molecule has 6 heteroatoms. The molecule has 0 saturated carbocycles. The summed E-state index contributed by atoms with van der Waals surface area (Å²) >= 11 is 0. The molecule has 1 aliphatic heterocycles. The normalized spacial score (nSPS) is 19.3. The molecule has 0 spiro atoms. The van der Waals surface area contributed by atoms with Crippen LogP contribution in [0.5, 0.6) is 0 Å². The number of carbonyl (C=O) groups excluding carboxylic acids is 2. The van der Waals surface area contributed by atoms with Crippen molar-refractivity contribution >= 4 is 11.8 Å². The van der Waals surface area contributed by atoms with Crippen molar-refractivity contribution in [1.82, 2.24) is 14.8 Å². The molecule has 0 bridgehead atoms. The lowest BCUT2D eigenvalue weighted by Crippen LogP contribution is -2.49. The van der Waals surface area contributed by atoms with Crippen LogP contribution in [0.1, 0.15) is 17.3 Å². The number of amides is 2. The lowest BCUT2D eigenvalue weighted by Gasteiger charge is -2.32. The van der Waals surface area contributed by atoms with Crippen molar-refractivity contribution in [2.24, 2.45) is 7.05 Å². The van der Waals surface area contributed by atoms with Crippen LogP contribution in [-0.2, 0) is 16.6 Å². The van der Waals surface area contributed by atoms with Gasteiger partial charge in [-0.2, -0.15) is 0 Å². The fourth-order valence-corrected chi connectivity index (χ4v) is 2.10. The Kier molecular flexibility index (Phi) is 4.21. The zero-order valence-electron chi connectivity index (χ0n) is 11.3. The third-order valence-corrected chi connectivity index (χ3v) is 3.08. The third kappa shape index (κ3) is 3.57. The quantitative estimate of drug-likeness (QED) is 0.837. The molecular formula is C13H19N3O3. The van der Waals surface area contributed by atoms with Gasteiger partial charge < -0.3 is 19.5 Å². The predicted molar refractivity (Wildman–Crippen MR) is 69.7 cm³/mol. The number of aromatic nitrogens is 1. The molecule has 0 radical (unpaired) electrons. The second-order valence-electron chi connectivity index (χ2n) is 4.75. The maximum absolute atomic E-state index is 12.3. The van der Waals surface area contributed by atoms with Gasteiger partial charge in [0.2, 0.25) is 5.91 Å². The number of hydrogen-bond donors (Lipinski definition) is 1. The predicted octanol–water partition coefficient (Wildman–Crippen LogP) is 0.00220. The van der Waals surface area contributed by atoms with Crippen LogP contribution in [0.15, 0.2) is 18.5 Å². The average Bonchev–Trinajstić information content (AvgIpc) is 2.82. The summed E-state index contributed by atoms with van der Waals surface area (Å²) in [6.45, 7) is 3.50. The highest BCUT2D eigenvalue weighted by Gasteiger charge is 2.25. The fourth-order valence-electron chi connectivity index (χ4n) is 2.10. The fraction of sp³-hybridized carbons (Fsp3) is 0.538. The monoisotopic (exact) mass is 265 g/mol. The number of rotatable bonds is 3. The number of ether oxygens (including phenoxy) is 1. The minimum Gasteiger partial charge on any atom is -0.373 e. The van der Waals surface area contributed by atoms with Crippen LogP contribution >= 0.6 is 0 Å². The van der Waals surface area contributed by atoms with Gasteiger partial charge in [-0.25, -0.2) is 0 Å². The van der Waals surface area contributed by atoms with Gasteiger partial charge in [-0.15, -0.1) is 0 Å². The topological polar surface area (TPSA) is 63.6 Å². The number of carbonyl (C=O) groups is 2. The minimum absolute atomic E-state index is 0.0109. The van der Waals surface area contributed by atoms with E-state index in [0.29, 0.717) is 31.8 Å². The van der Waals surface area contributed by atoms with E-state index in [-0.39, 0.29) is 17.9 Å². The standard InChI is InChI=1S/C13H19N3O3/c1-10(17)14-7-12-9-16(5-6-19-12)13(18)11-3-4-15(2)8-11/h3-4,8,12H,5-7,9H2,1-2H3,(H,14,17). The van der Waals surface area contributed by atoms with Crippen molar-refractivity contribution in [1.29, 1.82) is 0 Å². The molecule has 1 aromatic rings. The van der Waals surface area contributed by atoms with Gasteiger partial charge in [-0.05, 0) is 6.07 Å². The van der Waals surface area contributed by atoms with Gasteiger partial charge in [0.15, 0.2) is 0 Å². The zero-order chi connectivity index (χ0) is 13.8. The van der Waals surface area contributed by atoms with E-state index in [9.17, 15) is 9.59 Å². The highest BCUT2D eigenvalue weighted by molar-refractivity contribution is 5.94. The zero-order valence-corrected chi connectivity index (χ0v) is 11.3. The molecule has 2 heterocycles. The first kappa shape index (κ1) is 13.6. The molecule has 19 heavy (non-hydrogen) atoms.